The summed E-state index contributed by atoms with van der Waals surface area (Å²) in [5, 5.41) is 16.6. The SMILES string of the molecule is CC.CC.CCC.NCC(=O)NC(CCCNC(N)=O)C(=O)Nc1ccc(CO)cc1. The van der Waals surface area contributed by atoms with Crippen molar-refractivity contribution < 1.29 is 19.5 Å². The zero-order valence-electron chi connectivity index (χ0n) is 20.0. The molecule has 0 aromatic heterocycles. The number of carbonyl (C=O) groups is 3. The van der Waals surface area contributed by atoms with E-state index in [9.17, 15) is 14.4 Å². The van der Waals surface area contributed by atoms with Gasteiger partial charge in [-0.05, 0) is 30.5 Å². The molecule has 8 N–H and O–H groups in total. The zero-order valence-corrected chi connectivity index (χ0v) is 20.0. The average molecular weight is 442 g/mol. The van der Waals surface area contributed by atoms with Gasteiger partial charge in [0.1, 0.15) is 6.04 Å². The lowest BCUT2D eigenvalue weighted by Gasteiger charge is -2.18. The summed E-state index contributed by atoms with van der Waals surface area (Å²) in [5.41, 5.74) is 11.5. The molecule has 0 fully saturated rings. The van der Waals surface area contributed by atoms with Crippen molar-refractivity contribution in [1.29, 1.82) is 0 Å². The first-order valence-corrected chi connectivity index (χ1v) is 10.9. The monoisotopic (exact) mass is 441 g/mol. The second kappa shape index (κ2) is 23.6. The van der Waals surface area contributed by atoms with Crippen molar-refractivity contribution in [2.24, 2.45) is 11.5 Å². The summed E-state index contributed by atoms with van der Waals surface area (Å²) in [7, 11) is 0. The van der Waals surface area contributed by atoms with Crippen molar-refractivity contribution in [3.05, 3.63) is 29.8 Å². The Bertz CT molecular complexity index is 580. The minimum atomic E-state index is -0.784. The molecule has 1 aromatic carbocycles. The zero-order chi connectivity index (χ0) is 24.7. The van der Waals surface area contributed by atoms with E-state index in [2.05, 4.69) is 29.8 Å². The third kappa shape index (κ3) is 19.1. The number of rotatable bonds is 9. The number of urea groups is 1. The highest BCUT2D eigenvalue weighted by Gasteiger charge is 2.20. The molecule has 9 heteroatoms. The number of benzene rings is 1. The van der Waals surface area contributed by atoms with E-state index >= 15 is 0 Å². The number of aliphatic hydroxyl groups excluding tert-OH is 1. The summed E-state index contributed by atoms with van der Waals surface area (Å²) >= 11 is 0. The van der Waals surface area contributed by atoms with Gasteiger partial charge in [0, 0.05) is 12.2 Å². The van der Waals surface area contributed by atoms with Gasteiger partial charge >= 0.3 is 6.03 Å². The van der Waals surface area contributed by atoms with Crippen LogP contribution in [0.3, 0.4) is 0 Å². The van der Waals surface area contributed by atoms with E-state index in [4.69, 9.17) is 16.6 Å². The Labute approximate surface area is 187 Å². The number of amides is 4. The van der Waals surface area contributed by atoms with E-state index < -0.39 is 23.9 Å². The molecule has 180 valence electrons. The van der Waals surface area contributed by atoms with Crippen molar-refractivity contribution >= 4 is 23.5 Å². The lowest BCUT2D eigenvalue weighted by molar-refractivity contribution is -0.125. The van der Waals surface area contributed by atoms with Crippen molar-refractivity contribution in [3.8, 4) is 0 Å². The van der Waals surface area contributed by atoms with E-state index in [0.29, 0.717) is 25.1 Å². The standard InChI is InChI=1S/C15H23N5O4.C3H8.2C2H6/c16-8-13(22)20-12(2-1-7-18-15(17)24)14(23)19-11-5-3-10(9-21)4-6-11;1-3-2;2*1-2/h3-6,12,21H,1-2,7-9,16H2,(H,19,23)(H,20,22)(H3,17,18,24);3H2,1-2H3;2*1-2H3. The molecule has 31 heavy (non-hydrogen) atoms. The molecule has 0 heterocycles. The maximum Gasteiger partial charge on any atom is 0.312 e. The van der Waals surface area contributed by atoms with E-state index in [-0.39, 0.29) is 13.2 Å². The van der Waals surface area contributed by atoms with Crippen LogP contribution in [0.15, 0.2) is 24.3 Å². The van der Waals surface area contributed by atoms with Gasteiger partial charge in [0.05, 0.1) is 13.2 Å². The fourth-order valence-corrected chi connectivity index (χ4v) is 1.96. The number of aliphatic hydroxyl groups is 1. The summed E-state index contributed by atoms with van der Waals surface area (Å²) < 4.78 is 0. The highest BCUT2D eigenvalue weighted by atomic mass is 16.3. The molecular formula is C22H43N5O4. The van der Waals surface area contributed by atoms with Gasteiger partial charge in [-0.1, -0.05) is 60.1 Å². The Balaban J connectivity index is -0.000000999. The van der Waals surface area contributed by atoms with Crippen LogP contribution in [0.1, 0.15) is 66.4 Å². The third-order valence-electron chi connectivity index (χ3n) is 3.21. The molecule has 0 aliphatic rings. The molecule has 0 bridgehead atoms. The summed E-state index contributed by atoms with van der Waals surface area (Å²) in [4.78, 5) is 34.4. The molecule has 1 rings (SSSR count). The fraction of sp³-hybridized carbons (Fsp3) is 0.591. The minimum absolute atomic E-state index is 0.0870. The van der Waals surface area contributed by atoms with Gasteiger partial charge in [0.15, 0.2) is 0 Å². The number of primary amides is 1. The van der Waals surface area contributed by atoms with Crippen molar-refractivity contribution in [3.63, 3.8) is 0 Å². The van der Waals surface area contributed by atoms with E-state index in [1.807, 2.05) is 27.7 Å². The van der Waals surface area contributed by atoms with Crippen LogP contribution < -0.4 is 27.4 Å². The molecule has 0 aliphatic heterocycles. The largest absolute Gasteiger partial charge is 0.392 e. The first kappa shape index (κ1) is 33.0. The number of hydrogen-bond donors (Lipinski definition) is 6. The molecule has 1 unspecified atom stereocenters. The molecule has 0 saturated heterocycles. The third-order valence-corrected chi connectivity index (χ3v) is 3.21. The van der Waals surface area contributed by atoms with Crippen molar-refractivity contribution in [1.82, 2.24) is 10.6 Å². The molecule has 9 nitrogen and oxygen atoms in total. The quantitative estimate of drug-likeness (QED) is 0.324. The van der Waals surface area contributed by atoms with Gasteiger partial charge in [-0.2, -0.15) is 0 Å². The van der Waals surface area contributed by atoms with Gasteiger partial charge in [-0.25, -0.2) is 4.79 Å². The summed E-state index contributed by atoms with van der Waals surface area (Å²) in [5.74, 6) is -0.846. The van der Waals surface area contributed by atoms with Gasteiger partial charge in [0.25, 0.3) is 0 Å². The van der Waals surface area contributed by atoms with Gasteiger partial charge < -0.3 is 32.5 Å². The van der Waals surface area contributed by atoms with Crippen LogP contribution in [-0.2, 0) is 16.2 Å². The van der Waals surface area contributed by atoms with Crippen LogP contribution in [-0.4, -0.2) is 42.1 Å². The van der Waals surface area contributed by atoms with Gasteiger partial charge in [-0.3, -0.25) is 9.59 Å². The molecule has 1 aromatic rings. The van der Waals surface area contributed by atoms with Gasteiger partial charge in [-0.15, -0.1) is 0 Å². The Hall–Kier alpha value is -2.65. The molecule has 1 atom stereocenters. The summed E-state index contributed by atoms with van der Waals surface area (Å²) in [6.45, 7) is 12.2. The predicted molar refractivity (Wildman–Crippen MR) is 127 cm³/mol. The van der Waals surface area contributed by atoms with Crippen LogP contribution in [0.25, 0.3) is 0 Å². The van der Waals surface area contributed by atoms with Crippen LogP contribution in [0.2, 0.25) is 0 Å². The molecular weight excluding hydrogens is 398 g/mol. The maximum atomic E-state index is 12.3. The van der Waals surface area contributed by atoms with Crippen molar-refractivity contribution in [2.75, 3.05) is 18.4 Å². The predicted octanol–water partition coefficient (Wildman–Crippen LogP) is 2.48. The Morgan fingerprint density at radius 1 is 1.03 bits per heavy atom. The number of hydrogen-bond acceptors (Lipinski definition) is 5. The second-order valence-corrected chi connectivity index (χ2v) is 5.81. The van der Waals surface area contributed by atoms with E-state index in [1.165, 1.54) is 6.42 Å². The number of nitrogens with two attached hydrogens (primary N) is 2. The lowest BCUT2D eigenvalue weighted by Crippen LogP contribution is -2.46. The molecule has 0 radical (unpaired) electrons. The van der Waals surface area contributed by atoms with Crippen LogP contribution in [0, 0.1) is 0 Å². The Morgan fingerprint density at radius 3 is 1.97 bits per heavy atom. The Morgan fingerprint density at radius 2 is 1.55 bits per heavy atom. The maximum absolute atomic E-state index is 12.3. The first-order chi connectivity index (χ1) is 14.9. The first-order valence-electron chi connectivity index (χ1n) is 10.9. The normalized spacial score (nSPS) is 9.81. The minimum Gasteiger partial charge on any atom is -0.392 e. The molecule has 0 aliphatic carbocycles. The van der Waals surface area contributed by atoms with Crippen LogP contribution in [0.5, 0.6) is 0 Å². The molecule has 0 spiro atoms. The summed E-state index contributed by atoms with van der Waals surface area (Å²) in [6.07, 6.45) is 2.02. The smallest absolute Gasteiger partial charge is 0.312 e. The van der Waals surface area contributed by atoms with E-state index in [1.54, 1.807) is 24.3 Å². The molecule has 4 amide bonds. The van der Waals surface area contributed by atoms with Crippen molar-refractivity contribution in [2.45, 2.75) is 73.5 Å². The number of nitrogens with one attached hydrogen (secondary N) is 3. The van der Waals surface area contributed by atoms with Crippen LogP contribution >= 0.6 is 0 Å². The highest BCUT2D eigenvalue weighted by molar-refractivity contribution is 5.97. The topological polar surface area (TPSA) is 160 Å². The lowest BCUT2D eigenvalue weighted by atomic mass is 10.1. The number of anilines is 1. The molecule has 0 saturated carbocycles. The summed E-state index contributed by atoms with van der Waals surface area (Å²) in [6, 6.07) is 5.23. The average Bonchev–Trinajstić information content (AvgIpc) is 2.79. The van der Waals surface area contributed by atoms with E-state index in [0.717, 1.165) is 5.56 Å². The number of carbonyl (C=O) groups excluding carboxylic acids is 3. The fourth-order valence-electron chi connectivity index (χ4n) is 1.96. The van der Waals surface area contributed by atoms with Gasteiger partial charge in [0.2, 0.25) is 11.8 Å². The highest BCUT2D eigenvalue weighted by Crippen LogP contribution is 2.11. The Kier molecular flexibility index (Phi) is 25.2. The van der Waals surface area contributed by atoms with Crippen LogP contribution in [0.4, 0.5) is 10.5 Å². The second-order valence-electron chi connectivity index (χ2n) is 5.81.